The molecule has 0 radical (unpaired) electrons. The summed E-state index contributed by atoms with van der Waals surface area (Å²) in [5.41, 5.74) is 2.30. The van der Waals surface area contributed by atoms with Crippen LogP contribution in [0.2, 0.25) is 0 Å². The molecular weight excluding hydrogens is 242 g/mol. The Hall–Kier alpha value is -2.36. The number of aromatic carboxylic acids is 1. The van der Waals surface area contributed by atoms with Gasteiger partial charge in [-0.15, -0.1) is 0 Å². The summed E-state index contributed by atoms with van der Waals surface area (Å²) in [6, 6.07) is 11.2. The largest absolute Gasteiger partial charge is 0.497 e. The maximum atomic E-state index is 10.7. The Labute approximate surface area is 111 Å². The molecule has 0 saturated heterocycles. The van der Waals surface area contributed by atoms with E-state index in [4.69, 9.17) is 9.84 Å². The molecule has 0 bridgehead atoms. The lowest BCUT2D eigenvalue weighted by molar-refractivity contribution is 0.0696. The molecule has 4 nitrogen and oxygen atoms in total. The zero-order chi connectivity index (χ0) is 13.7. The third-order valence-corrected chi connectivity index (χ3v) is 2.90. The van der Waals surface area contributed by atoms with E-state index >= 15 is 0 Å². The Morgan fingerprint density at radius 1 is 1.16 bits per heavy atom. The third kappa shape index (κ3) is 3.55. The standard InChI is InChI=1S/C15H15NO3/c1-19-14-8-3-11(4-9-14)2-6-13-7-5-12(10-16-13)15(17)18/h3-5,7-10H,2,6H2,1H3,(H,17,18). The SMILES string of the molecule is COc1ccc(CCc2ccc(C(=O)O)cn2)cc1. The fourth-order valence-electron chi connectivity index (χ4n) is 1.76. The van der Waals surface area contributed by atoms with E-state index in [-0.39, 0.29) is 5.56 Å². The van der Waals surface area contributed by atoms with Crippen LogP contribution >= 0.6 is 0 Å². The predicted octanol–water partition coefficient (Wildman–Crippen LogP) is 2.57. The molecule has 0 aliphatic carbocycles. The van der Waals surface area contributed by atoms with Crippen LogP contribution < -0.4 is 4.74 Å². The van der Waals surface area contributed by atoms with E-state index in [1.807, 2.05) is 24.3 Å². The molecule has 98 valence electrons. The number of hydrogen-bond donors (Lipinski definition) is 1. The molecule has 1 heterocycles. The van der Waals surface area contributed by atoms with Gasteiger partial charge in [-0.3, -0.25) is 4.98 Å². The van der Waals surface area contributed by atoms with Crippen LogP contribution in [0.25, 0.3) is 0 Å². The summed E-state index contributed by atoms with van der Waals surface area (Å²) < 4.78 is 5.10. The molecule has 4 heteroatoms. The Balaban J connectivity index is 1.95. The molecule has 0 saturated carbocycles. The van der Waals surface area contributed by atoms with Gasteiger partial charge in [0.1, 0.15) is 5.75 Å². The van der Waals surface area contributed by atoms with Crippen molar-refractivity contribution < 1.29 is 14.6 Å². The van der Waals surface area contributed by atoms with Gasteiger partial charge in [-0.2, -0.15) is 0 Å². The van der Waals surface area contributed by atoms with Gasteiger partial charge in [-0.25, -0.2) is 4.79 Å². The summed E-state index contributed by atoms with van der Waals surface area (Å²) >= 11 is 0. The highest BCUT2D eigenvalue weighted by Gasteiger charge is 2.03. The van der Waals surface area contributed by atoms with Gasteiger partial charge < -0.3 is 9.84 Å². The van der Waals surface area contributed by atoms with Crippen molar-refractivity contribution in [3.05, 3.63) is 59.4 Å². The topological polar surface area (TPSA) is 59.4 Å². The van der Waals surface area contributed by atoms with Gasteiger partial charge in [0, 0.05) is 11.9 Å². The summed E-state index contributed by atoms with van der Waals surface area (Å²) in [7, 11) is 1.64. The number of rotatable bonds is 5. The number of methoxy groups -OCH3 is 1. The number of benzene rings is 1. The Kier molecular flexibility index (Phi) is 4.13. The van der Waals surface area contributed by atoms with Crippen molar-refractivity contribution in [2.45, 2.75) is 12.8 Å². The van der Waals surface area contributed by atoms with Crippen molar-refractivity contribution in [2.24, 2.45) is 0 Å². The van der Waals surface area contributed by atoms with Crippen LogP contribution in [0.3, 0.4) is 0 Å². The second kappa shape index (κ2) is 6.00. The number of aromatic nitrogens is 1. The second-order valence-electron chi connectivity index (χ2n) is 4.19. The summed E-state index contributed by atoms with van der Waals surface area (Å²) in [4.78, 5) is 14.8. The molecule has 0 atom stereocenters. The monoisotopic (exact) mass is 257 g/mol. The Morgan fingerprint density at radius 2 is 1.89 bits per heavy atom. The van der Waals surface area contributed by atoms with Gasteiger partial charge in [0.25, 0.3) is 0 Å². The zero-order valence-corrected chi connectivity index (χ0v) is 10.7. The van der Waals surface area contributed by atoms with Crippen LogP contribution in [0.5, 0.6) is 5.75 Å². The van der Waals surface area contributed by atoms with Crippen molar-refractivity contribution in [3.63, 3.8) is 0 Å². The van der Waals surface area contributed by atoms with E-state index in [0.717, 1.165) is 24.3 Å². The molecule has 0 unspecified atom stereocenters. The van der Waals surface area contributed by atoms with E-state index in [1.165, 1.54) is 11.8 Å². The summed E-state index contributed by atoms with van der Waals surface area (Å²) in [5.74, 6) is -0.109. The normalized spacial score (nSPS) is 10.2. The van der Waals surface area contributed by atoms with E-state index in [1.54, 1.807) is 19.2 Å². The van der Waals surface area contributed by atoms with Crippen LogP contribution in [-0.4, -0.2) is 23.2 Å². The molecule has 2 aromatic rings. The van der Waals surface area contributed by atoms with Gasteiger partial charge >= 0.3 is 5.97 Å². The van der Waals surface area contributed by atoms with Crippen molar-refractivity contribution in [1.82, 2.24) is 4.98 Å². The molecule has 0 aliphatic heterocycles. The van der Waals surface area contributed by atoms with Gasteiger partial charge in [-0.1, -0.05) is 12.1 Å². The number of carboxylic acid groups (broad SMARTS) is 1. The van der Waals surface area contributed by atoms with E-state index in [9.17, 15) is 4.79 Å². The fourth-order valence-corrected chi connectivity index (χ4v) is 1.76. The number of nitrogens with zero attached hydrogens (tertiary/aromatic N) is 1. The minimum Gasteiger partial charge on any atom is -0.497 e. The van der Waals surface area contributed by atoms with Crippen LogP contribution in [0.1, 0.15) is 21.6 Å². The van der Waals surface area contributed by atoms with Gasteiger partial charge in [-0.05, 0) is 42.7 Å². The minimum atomic E-state index is -0.950. The molecule has 1 aromatic heterocycles. The number of carboxylic acids is 1. The van der Waals surface area contributed by atoms with Crippen molar-refractivity contribution >= 4 is 5.97 Å². The maximum Gasteiger partial charge on any atom is 0.337 e. The summed E-state index contributed by atoms with van der Waals surface area (Å²) in [5, 5.41) is 8.78. The molecule has 0 spiro atoms. The van der Waals surface area contributed by atoms with E-state index < -0.39 is 5.97 Å². The molecule has 1 N–H and O–H groups in total. The molecule has 2 rings (SSSR count). The number of carbonyl (C=O) groups is 1. The Bertz CT molecular complexity index is 547. The van der Waals surface area contributed by atoms with Crippen LogP contribution in [0, 0.1) is 0 Å². The van der Waals surface area contributed by atoms with E-state index in [0.29, 0.717) is 0 Å². The smallest absolute Gasteiger partial charge is 0.337 e. The molecule has 1 aromatic carbocycles. The number of aryl methyl sites for hydroxylation is 2. The average Bonchev–Trinajstić information content (AvgIpc) is 2.46. The molecule has 0 aliphatic rings. The predicted molar refractivity (Wildman–Crippen MR) is 71.6 cm³/mol. The van der Waals surface area contributed by atoms with Gasteiger partial charge in [0.2, 0.25) is 0 Å². The molecule has 19 heavy (non-hydrogen) atoms. The summed E-state index contributed by atoms with van der Waals surface area (Å²) in [6.45, 7) is 0. The highest BCUT2D eigenvalue weighted by molar-refractivity contribution is 5.87. The number of pyridine rings is 1. The second-order valence-corrected chi connectivity index (χ2v) is 4.19. The van der Waals surface area contributed by atoms with Crippen molar-refractivity contribution in [2.75, 3.05) is 7.11 Å². The fraction of sp³-hybridized carbons (Fsp3) is 0.200. The Morgan fingerprint density at radius 3 is 2.42 bits per heavy atom. The average molecular weight is 257 g/mol. The molecule has 0 amide bonds. The first-order chi connectivity index (χ1) is 9.19. The first-order valence-corrected chi connectivity index (χ1v) is 6.00. The zero-order valence-electron chi connectivity index (χ0n) is 10.7. The lowest BCUT2D eigenvalue weighted by Gasteiger charge is -2.04. The first kappa shape index (κ1) is 13.1. The summed E-state index contributed by atoms with van der Waals surface area (Å²) in [6.07, 6.45) is 3.04. The third-order valence-electron chi connectivity index (χ3n) is 2.90. The minimum absolute atomic E-state index is 0.216. The highest BCUT2D eigenvalue weighted by Crippen LogP contribution is 2.13. The highest BCUT2D eigenvalue weighted by atomic mass is 16.5. The van der Waals surface area contributed by atoms with Gasteiger partial charge in [0.05, 0.1) is 12.7 Å². The van der Waals surface area contributed by atoms with Crippen molar-refractivity contribution in [3.8, 4) is 5.75 Å². The molecular formula is C15H15NO3. The molecule has 0 fully saturated rings. The maximum absolute atomic E-state index is 10.7. The lowest BCUT2D eigenvalue weighted by Crippen LogP contribution is -2.00. The quantitative estimate of drug-likeness (QED) is 0.894. The lowest BCUT2D eigenvalue weighted by atomic mass is 10.1. The van der Waals surface area contributed by atoms with Crippen LogP contribution in [-0.2, 0) is 12.8 Å². The number of hydrogen-bond acceptors (Lipinski definition) is 3. The van der Waals surface area contributed by atoms with E-state index in [2.05, 4.69) is 4.98 Å². The van der Waals surface area contributed by atoms with Crippen LogP contribution in [0.15, 0.2) is 42.6 Å². The first-order valence-electron chi connectivity index (χ1n) is 6.00. The van der Waals surface area contributed by atoms with Crippen molar-refractivity contribution in [1.29, 1.82) is 0 Å². The number of ether oxygens (including phenoxy) is 1. The van der Waals surface area contributed by atoms with Gasteiger partial charge in [0.15, 0.2) is 0 Å². The van der Waals surface area contributed by atoms with Crippen LogP contribution in [0.4, 0.5) is 0 Å².